The van der Waals surface area contributed by atoms with Crippen molar-refractivity contribution in [3.63, 3.8) is 0 Å². The molecule has 1 aromatic heterocycles. The number of hydrogen-bond donors (Lipinski definition) is 1. The van der Waals surface area contributed by atoms with Crippen molar-refractivity contribution in [3.8, 4) is 0 Å². The molecule has 3 rings (SSSR count). The standard InChI is InChI=1S/C19H19F3N2O3S/c1-3-27-18(26)15-13-8-9-24(2)10-14(13)28-17(15)23-16(25)11-4-6-12(7-5-11)19(20,21)22/h4-7H,3,8-10H2,1-2H3,(H,23,25). The van der Waals surface area contributed by atoms with Crippen LogP contribution in [0.1, 0.15) is 43.6 Å². The number of hydrogen-bond acceptors (Lipinski definition) is 5. The van der Waals surface area contributed by atoms with E-state index in [2.05, 4.69) is 10.2 Å². The van der Waals surface area contributed by atoms with Crippen LogP contribution in [-0.4, -0.2) is 37.0 Å². The molecule has 0 aliphatic carbocycles. The Morgan fingerprint density at radius 3 is 2.54 bits per heavy atom. The van der Waals surface area contributed by atoms with E-state index in [-0.39, 0.29) is 12.2 Å². The van der Waals surface area contributed by atoms with Crippen LogP contribution in [0.25, 0.3) is 0 Å². The summed E-state index contributed by atoms with van der Waals surface area (Å²) in [5.41, 5.74) is 0.455. The van der Waals surface area contributed by atoms with E-state index in [1.54, 1.807) is 6.92 Å². The molecule has 1 N–H and O–H groups in total. The van der Waals surface area contributed by atoms with Gasteiger partial charge < -0.3 is 15.0 Å². The van der Waals surface area contributed by atoms with E-state index in [1.807, 2.05) is 7.05 Å². The summed E-state index contributed by atoms with van der Waals surface area (Å²) in [6, 6.07) is 3.94. The zero-order chi connectivity index (χ0) is 20.5. The van der Waals surface area contributed by atoms with Gasteiger partial charge in [-0.3, -0.25) is 4.79 Å². The molecule has 1 aromatic carbocycles. The first-order chi connectivity index (χ1) is 13.2. The van der Waals surface area contributed by atoms with Crippen LogP contribution in [0.2, 0.25) is 0 Å². The van der Waals surface area contributed by atoms with Crippen molar-refractivity contribution in [3.05, 3.63) is 51.4 Å². The third kappa shape index (κ3) is 4.20. The quantitative estimate of drug-likeness (QED) is 0.766. The Labute approximate surface area is 164 Å². The fourth-order valence-corrected chi connectivity index (χ4v) is 4.34. The lowest BCUT2D eigenvalue weighted by atomic mass is 10.0. The van der Waals surface area contributed by atoms with E-state index in [1.165, 1.54) is 11.3 Å². The minimum Gasteiger partial charge on any atom is -0.462 e. The number of rotatable bonds is 4. The second kappa shape index (κ2) is 7.92. The number of nitrogens with one attached hydrogen (secondary N) is 1. The zero-order valence-corrected chi connectivity index (χ0v) is 16.2. The van der Waals surface area contributed by atoms with Gasteiger partial charge in [0, 0.05) is 23.5 Å². The summed E-state index contributed by atoms with van der Waals surface area (Å²) in [5.74, 6) is -1.08. The largest absolute Gasteiger partial charge is 0.462 e. The summed E-state index contributed by atoms with van der Waals surface area (Å²) in [4.78, 5) is 28.1. The highest BCUT2D eigenvalue weighted by Crippen LogP contribution is 2.37. The van der Waals surface area contributed by atoms with Crippen molar-refractivity contribution >= 4 is 28.2 Å². The topological polar surface area (TPSA) is 58.6 Å². The maximum atomic E-state index is 12.7. The van der Waals surface area contributed by atoms with Crippen molar-refractivity contribution in [1.82, 2.24) is 4.90 Å². The fourth-order valence-electron chi connectivity index (χ4n) is 3.02. The molecule has 1 aliphatic rings. The smallest absolute Gasteiger partial charge is 0.416 e. The van der Waals surface area contributed by atoms with E-state index in [9.17, 15) is 22.8 Å². The number of esters is 1. The highest BCUT2D eigenvalue weighted by Gasteiger charge is 2.31. The molecule has 28 heavy (non-hydrogen) atoms. The van der Waals surface area contributed by atoms with Gasteiger partial charge in [-0.1, -0.05) is 0 Å². The number of fused-ring (bicyclic) bond motifs is 1. The van der Waals surface area contributed by atoms with Gasteiger partial charge in [-0.25, -0.2) is 4.79 Å². The highest BCUT2D eigenvalue weighted by molar-refractivity contribution is 7.17. The Bertz CT molecular complexity index is 891. The van der Waals surface area contributed by atoms with Gasteiger partial charge in [0.15, 0.2) is 0 Å². The van der Waals surface area contributed by atoms with E-state index < -0.39 is 23.6 Å². The number of amides is 1. The Morgan fingerprint density at radius 1 is 1.25 bits per heavy atom. The second-order valence-electron chi connectivity index (χ2n) is 6.45. The number of alkyl halides is 3. The number of likely N-dealkylation sites (N-methyl/N-ethyl adjacent to an activating group) is 1. The predicted octanol–water partition coefficient (Wildman–Crippen LogP) is 4.18. The average Bonchev–Trinajstić information content (AvgIpc) is 2.98. The predicted molar refractivity (Wildman–Crippen MR) is 99.7 cm³/mol. The summed E-state index contributed by atoms with van der Waals surface area (Å²) in [6.45, 7) is 3.34. The molecular weight excluding hydrogens is 393 g/mol. The summed E-state index contributed by atoms with van der Waals surface area (Å²) in [6.07, 6.45) is -3.81. The summed E-state index contributed by atoms with van der Waals surface area (Å²) in [7, 11) is 1.97. The number of thiophene rings is 1. The van der Waals surface area contributed by atoms with Gasteiger partial charge >= 0.3 is 12.1 Å². The van der Waals surface area contributed by atoms with E-state index in [0.29, 0.717) is 23.5 Å². The molecule has 0 bridgehead atoms. The number of halogens is 3. The summed E-state index contributed by atoms with van der Waals surface area (Å²) < 4.78 is 43.2. The molecule has 0 spiro atoms. The first-order valence-corrected chi connectivity index (χ1v) is 9.51. The minimum atomic E-state index is -4.47. The van der Waals surface area contributed by atoms with Crippen LogP contribution in [-0.2, 0) is 23.9 Å². The molecule has 0 radical (unpaired) electrons. The molecule has 1 aliphatic heterocycles. The van der Waals surface area contributed by atoms with E-state index >= 15 is 0 Å². The molecule has 150 valence electrons. The number of benzene rings is 1. The van der Waals surface area contributed by atoms with Crippen LogP contribution in [0.3, 0.4) is 0 Å². The lowest BCUT2D eigenvalue weighted by Crippen LogP contribution is -2.26. The second-order valence-corrected chi connectivity index (χ2v) is 7.55. The van der Waals surface area contributed by atoms with Crippen LogP contribution in [0.15, 0.2) is 24.3 Å². The summed E-state index contributed by atoms with van der Waals surface area (Å²) >= 11 is 1.30. The minimum absolute atomic E-state index is 0.0753. The van der Waals surface area contributed by atoms with Crippen molar-refractivity contribution in [1.29, 1.82) is 0 Å². The Morgan fingerprint density at radius 2 is 1.93 bits per heavy atom. The maximum absolute atomic E-state index is 12.7. The van der Waals surface area contributed by atoms with E-state index in [0.717, 1.165) is 41.3 Å². The molecular formula is C19H19F3N2O3S. The van der Waals surface area contributed by atoms with Gasteiger partial charge in [-0.05, 0) is 50.2 Å². The summed E-state index contributed by atoms with van der Waals surface area (Å²) in [5, 5.41) is 3.04. The number of anilines is 1. The van der Waals surface area contributed by atoms with Crippen molar-refractivity contribution in [2.24, 2.45) is 0 Å². The zero-order valence-electron chi connectivity index (χ0n) is 15.4. The maximum Gasteiger partial charge on any atom is 0.416 e. The Balaban J connectivity index is 1.89. The molecule has 5 nitrogen and oxygen atoms in total. The van der Waals surface area contributed by atoms with Gasteiger partial charge in [0.05, 0.1) is 17.7 Å². The molecule has 0 unspecified atom stereocenters. The molecule has 0 saturated carbocycles. The first kappa shape index (κ1) is 20.3. The number of nitrogens with zero attached hydrogens (tertiary/aromatic N) is 1. The third-order valence-electron chi connectivity index (χ3n) is 4.43. The van der Waals surface area contributed by atoms with Crippen molar-refractivity contribution in [2.75, 3.05) is 25.5 Å². The molecule has 0 fully saturated rings. The number of ether oxygens (including phenoxy) is 1. The Kier molecular flexibility index (Phi) is 5.76. The van der Waals surface area contributed by atoms with Crippen LogP contribution >= 0.6 is 11.3 Å². The van der Waals surface area contributed by atoms with Crippen molar-refractivity contribution in [2.45, 2.75) is 26.1 Å². The first-order valence-electron chi connectivity index (χ1n) is 8.69. The molecule has 0 saturated heterocycles. The fraction of sp³-hybridized carbons (Fsp3) is 0.368. The molecule has 2 aromatic rings. The van der Waals surface area contributed by atoms with Gasteiger partial charge in [0.2, 0.25) is 0 Å². The van der Waals surface area contributed by atoms with Gasteiger partial charge in [0.1, 0.15) is 5.00 Å². The lowest BCUT2D eigenvalue weighted by Gasteiger charge is -2.22. The average molecular weight is 412 g/mol. The van der Waals surface area contributed by atoms with E-state index in [4.69, 9.17) is 4.74 Å². The molecule has 2 heterocycles. The van der Waals surface area contributed by atoms with Gasteiger partial charge in [0.25, 0.3) is 5.91 Å². The van der Waals surface area contributed by atoms with Crippen LogP contribution in [0, 0.1) is 0 Å². The SMILES string of the molecule is CCOC(=O)c1c(NC(=O)c2ccc(C(F)(F)F)cc2)sc2c1CCN(C)C2. The molecule has 1 amide bonds. The number of carbonyl (C=O) groups excluding carboxylic acids is 2. The van der Waals surface area contributed by atoms with Gasteiger partial charge in [-0.2, -0.15) is 13.2 Å². The van der Waals surface area contributed by atoms with Crippen LogP contribution in [0.4, 0.5) is 18.2 Å². The van der Waals surface area contributed by atoms with Gasteiger partial charge in [-0.15, -0.1) is 11.3 Å². The van der Waals surface area contributed by atoms with Crippen molar-refractivity contribution < 1.29 is 27.5 Å². The monoisotopic (exact) mass is 412 g/mol. The normalized spacial score (nSPS) is 14.5. The lowest BCUT2D eigenvalue weighted by molar-refractivity contribution is -0.137. The number of carbonyl (C=O) groups is 2. The molecule has 0 atom stereocenters. The third-order valence-corrected chi connectivity index (χ3v) is 5.56. The van der Waals surface area contributed by atoms with Crippen LogP contribution < -0.4 is 5.32 Å². The Hall–Kier alpha value is -2.39. The highest BCUT2D eigenvalue weighted by atomic mass is 32.1. The molecule has 9 heteroatoms. The van der Waals surface area contributed by atoms with Crippen LogP contribution in [0.5, 0.6) is 0 Å².